The fourth-order valence-electron chi connectivity index (χ4n) is 3.19. The summed E-state index contributed by atoms with van der Waals surface area (Å²) in [5.41, 5.74) is 8.80. The molecular weight excluding hydrogens is 232 g/mol. The van der Waals surface area contributed by atoms with E-state index in [1.165, 1.54) is 36.9 Å². The SMILES string of the molecule is CC(C)CN(c1ccccc1C(C)N)C1CCCC1. The van der Waals surface area contributed by atoms with Gasteiger partial charge in [0.05, 0.1) is 0 Å². The maximum atomic E-state index is 6.16. The topological polar surface area (TPSA) is 29.3 Å². The van der Waals surface area contributed by atoms with E-state index in [-0.39, 0.29) is 6.04 Å². The number of para-hydroxylation sites is 1. The van der Waals surface area contributed by atoms with Crippen LogP contribution in [0.5, 0.6) is 0 Å². The second kappa shape index (κ2) is 6.42. The van der Waals surface area contributed by atoms with Gasteiger partial charge in [-0.05, 0) is 37.3 Å². The quantitative estimate of drug-likeness (QED) is 0.863. The van der Waals surface area contributed by atoms with Gasteiger partial charge in [0, 0.05) is 24.3 Å². The van der Waals surface area contributed by atoms with Crippen molar-refractivity contribution in [2.24, 2.45) is 11.7 Å². The van der Waals surface area contributed by atoms with Gasteiger partial charge in [-0.1, -0.05) is 44.9 Å². The van der Waals surface area contributed by atoms with Gasteiger partial charge in [0.25, 0.3) is 0 Å². The molecule has 1 aromatic rings. The Morgan fingerprint density at radius 2 is 1.79 bits per heavy atom. The number of anilines is 1. The largest absolute Gasteiger partial charge is 0.368 e. The summed E-state index contributed by atoms with van der Waals surface area (Å²) < 4.78 is 0. The molecule has 1 fully saturated rings. The average molecular weight is 260 g/mol. The molecular formula is C17H28N2. The van der Waals surface area contributed by atoms with Crippen LogP contribution in [0.1, 0.15) is 58.1 Å². The molecule has 1 aromatic carbocycles. The van der Waals surface area contributed by atoms with Crippen molar-refractivity contribution in [3.63, 3.8) is 0 Å². The van der Waals surface area contributed by atoms with Gasteiger partial charge in [-0.25, -0.2) is 0 Å². The lowest BCUT2D eigenvalue weighted by atomic mass is 10.0. The van der Waals surface area contributed by atoms with Crippen molar-refractivity contribution in [3.05, 3.63) is 29.8 Å². The third kappa shape index (κ3) is 3.50. The van der Waals surface area contributed by atoms with E-state index in [4.69, 9.17) is 5.73 Å². The fraction of sp³-hybridized carbons (Fsp3) is 0.647. The summed E-state index contributed by atoms with van der Waals surface area (Å²) in [7, 11) is 0. The summed E-state index contributed by atoms with van der Waals surface area (Å²) >= 11 is 0. The zero-order valence-electron chi connectivity index (χ0n) is 12.6. The summed E-state index contributed by atoms with van der Waals surface area (Å²) in [4.78, 5) is 2.62. The van der Waals surface area contributed by atoms with Crippen molar-refractivity contribution in [3.8, 4) is 0 Å². The molecule has 0 aromatic heterocycles. The molecule has 0 saturated heterocycles. The van der Waals surface area contributed by atoms with E-state index in [2.05, 4.69) is 49.9 Å². The molecule has 106 valence electrons. The molecule has 0 heterocycles. The Labute approximate surface area is 118 Å². The highest BCUT2D eigenvalue weighted by atomic mass is 15.2. The van der Waals surface area contributed by atoms with Gasteiger partial charge < -0.3 is 10.6 Å². The Kier molecular flexibility index (Phi) is 4.87. The van der Waals surface area contributed by atoms with Crippen LogP contribution in [0.4, 0.5) is 5.69 Å². The van der Waals surface area contributed by atoms with Crippen LogP contribution in [0.15, 0.2) is 24.3 Å². The molecule has 0 bridgehead atoms. The Morgan fingerprint density at radius 1 is 1.16 bits per heavy atom. The lowest BCUT2D eigenvalue weighted by Gasteiger charge is -2.35. The Hall–Kier alpha value is -1.02. The average Bonchev–Trinajstić information content (AvgIpc) is 2.89. The predicted octanol–water partition coefficient (Wildman–Crippen LogP) is 4.11. The van der Waals surface area contributed by atoms with Crippen LogP contribution in [0.3, 0.4) is 0 Å². The third-order valence-electron chi connectivity index (χ3n) is 4.06. The maximum Gasteiger partial charge on any atom is 0.0417 e. The Balaban J connectivity index is 2.31. The lowest BCUT2D eigenvalue weighted by molar-refractivity contribution is 0.533. The van der Waals surface area contributed by atoms with E-state index in [0.29, 0.717) is 12.0 Å². The molecule has 0 amide bonds. The highest BCUT2D eigenvalue weighted by Gasteiger charge is 2.25. The summed E-state index contributed by atoms with van der Waals surface area (Å²) in [5.74, 6) is 0.682. The third-order valence-corrected chi connectivity index (χ3v) is 4.06. The van der Waals surface area contributed by atoms with Crippen molar-refractivity contribution in [1.29, 1.82) is 0 Å². The monoisotopic (exact) mass is 260 g/mol. The van der Waals surface area contributed by atoms with E-state index < -0.39 is 0 Å². The van der Waals surface area contributed by atoms with Gasteiger partial charge in [-0.15, -0.1) is 0 Å². The minimum Gasteiger partial charge on any atom is -0.368 e. The van der Waals surface area contributed by atoms with Crippen molar-refractivity contribution >= 4 is 5.69 Å². The van der Waals surface area contributed by atoms with Gasteiger partial charge in [0.1, 0.15) is 0 Å². The van der Waals surface area contributed by atoms with Crippen LogP contribution in [-0.2, 0) is 0 Å². The van der Waals surface area contributed by atoms with E-state index in [0.717, 1.165) is 6.54 Å². The summed E-state index contributed by atoms with van der Waals surface area (Å²) in [5, 5.41) is 0. The van der Waals surface area contributed by atoms with Gasteiger partial charge in [-0.2, -0.15) is 0 Å². The van der Waals surface area contributed by atoms with Crippen LogP contribution >= 0.6 is 0 Å². The highest BCUT2D eigenvalue weighted by Crippen LogP contribution is 2.33. The van der Waals surface area contributed by atoms with E-state index in [9.17, 15) is 0 Å². The maximum absolute atomic E-state index is 6.16. The first kappa shape index (κ1) is 14.4. The fourth-order valence-corrected chi connectivity index (χ4v) is 3.19. The standard InChI is InChI=1S/C17H28N2/c1-13(2)12-19(15-8-4-5-9-15)17-11-7-6-10-16(17)14(3)18/h6-7,10-11,13-15H,4-5,8-9,12,18H2,1-3H3. The first-order valence-corrected chi connectivity index (χ1v) is 7.70. The number of rotatable bonds is 5. The molecule has 0 radical (unpaired) electrons. The van der Waals surface area contributed by atoms with Gasteiger partial charge >= 0.3 is 0 Å². The van der Waals surface area contributed by atoms with Gasteiger partial charge in [0.15, 0.2) is 0 Å². The number of nitrogens with two attached hydrogens (primary N) is 1. The van der Waals surface area contributed by atoms with Crippen LogP contribution < -0.4 is 10.6 Å². The van der Waals surface area contributed by atoms with Gasteiger partial charge in [-0.3, -0.25) is 0 Å². The number of hydrogen-bond acceptors (Lipinski definition) is 2. The molecule has 0 aliphatic heterocycles. The predicted molar refractivity (Wildman–Crippen MR) is 83.5 cm³/mol. The van der Waals surface area contributed by atoms with Crippen LogP contribution in [-0.4, -0.2) is 12.6 Å². The highest BCUT2D eigenvalue weighted by molar-refractivity contribution is 5.55. The number of benzene rings is 1. The van der Waals surface area contributed by atoms with Gasteiger partial charge in [0.2, 0.25) is 0 Å². The molecule has 0 spiro atoms. The van der Waals surface area contributed by atoms with Crippen molar-refractivity contribution < 1.29 is 0 Å². The zero-order valence-corrected chi connectivity index (χ0v) is 12.6. The Bertz CT molecular complexity index is 392. The molecule has 2 nitrogen and oxygen atoms in total. The van der Waals surface area contributed by atoms with Crippen LogP contribution in [0, 0.1) is 5.92 Å². The molecule has 1 aliphatic rings. The summed E-state index contributed by atoms with van der Waals surface area (Å²) in [6, 6.07) is 9.49. The minimum absolute atomic E-state index is 0.104. The molecule has 2 rings (SSSR count). The molecule has 1 aliphatic carbocycles. The van der Waals surface area contributed by atoms with E-state index in [1.807, 2.05) is 0 Å². The second-order valence-corrected chi connectivity index (χ2v) is 6.33. The molecule has 1 unspecified atom stereocenters. The first-order chi connectivity index (χ1) is 9.09. The van der Waals surface area contributed by atoms with Crippen molar-refractivity contribution in [2.45, 2.75) is 58.5 Å². The smallest absolute Gasteiger partial charge is 0.0417 e. The molecule has 1 saturated carbocycles. The second-order valence-electron chi connectivity index (χ2n) is 6.33. The number of nitrogens with zero attached hydrogens (tertiary/aromatic N) is 1. The zero-order chi connectivity index (χ0) is 13.8. The van der Waals surface area contributed by atoms with Crippen LogP contribution in [0.2, 0.25) is 0 Å². The van der Waals surface area contributed by atoms with Crippen molar-refractivity contribution in [2.75, 3.05) is 11.4 Å². The van der Waals surface area contributed by atoms with E-state index in [1.54, 1.807) is 0 Å². The lowest BCUT2D eigenvalue weighted by Crippen LogP contribution is -2.37. The van der Waals surface area contributed by atoms with Crippen LogP contribution in [0.25, 0.3) is 0 Å². The van der Waals surface area contributed by atoms with E-state index >= 15 is 0 Å². The summed E-state index contributed by atoms with van der Waals surface area (Å²) in [6.07, 6.45) is 5.42. The molecule has 2 heteroatoms. The first-order valence-electron chi connectivity index (χ1n) is 7.70. The summed E-state index contributed by atoms with van der Waals surface area (Å²) in [6.45, 7) is 7.82. The molecule has 19 heavy (non-hydrogen) atoms. The number of hydrogen-bond donors (Lipinski definition) is 1. The minimum atomic E-state index is 0.104. The van der Waals surface area contributed by atoms with Crippen molar-refractivity contribution in [1.82, 2.24) is 0 Å². The molecule has 2 N–H and O–H groups in total. The molecule has 1 atom stereocenters. The Morgan fingerprint density at radius 3 is 2.37 bits per heavy atom. The normalized spacial score (nSPS) is 17.9.